The molecule has 0 heterocycles. The molecule has 0 N–H and O–H groups in total. The second kappa shape index (κ2) is 70.5. The van der Waals surface area contributed by atoms with Crippen molar-refractivity contribution in [3.63, 3.8) is 0 Å². The third-order valence-electron chi connectivity index (χ3n) is 0. The summed E-state index contributed by atoms with van der Waals surface area (Å²) in [6, 6.07) is 0. The molecule has 0 aliphatic heterocycles. The first-order valence-electron chi connectivity index (χ1n) is 1.41. The molecule has 0 saturated carbocycles. The summed E-state index contributed by atoms with van der Waals surface area (Å²) in [4.78, 5) is 0. The Labute approximate surface area is 60.2 Å². The van der Waals surface area contributed by atoms with Crippen LogP contribution >= 0.6 is 0 Å². The Hall–Kier alpha value is 1.10. The van der Waals surface area contributed by atoms with Gasteiger partial charge >= 0.3 is 0 Å². The van der Waals surface area contributed by atoms with Crippen LogP contribution in [0, 0.1) is 13.8 Å². The van der Waals surface area contributed by atoms with Crippen molar-refractivity contribution in [2.75, 3.05) is 0 Å². The Morgan fingerprint density at radius 3 is 0.800 bits per heavy atom. The predicted octanol–water partition coefficient (Wildman–Crippen LogP) is 1.68. The largest absolute Gasteiger partial charge is 0.346 e. The van der Waals surface area contributed by atoms with Crippen molar-refractivity contribution in [1.82, 2.24) is 0 Å². The minimum atomic E-state index is 0. The zero-order valence-corrected chi connectivity index (χ0v) is 6.83. The third kappa shape index (κ3) is 40.4. The number of hydrogen-bond donors (Lipinski definition) is 0. The standard InChI is InChI=1S/2C2H5.Y/c2*1-2;/h2*1H2,2H3;/q2*-1;. The molecular formula is C4H10Y-2. The normalized spacial score (nSPS) is 2.40. The van der Waals surface area contributed by atoms with Crippen LogP contribution < -0.4 is 0 Å². The van der Waals surface area contributed by atoms with Gasteiger partial charge in [0.2, 0.25) is 0 Å². The summed E-state index contributed by atoms with van der Waals surface area (Å²) in [5.74, 6) is 0. The summed E-state index contributed by atoms with van der Waals surface area (Å²) < 4.78 is 0. The van der Waals surface area contributed by atoms with Crippen LogP contribution in [0.15, 0.2) is 0 Å². The molecule has 0 aromatic heterocycles. The Kier molecular flexibility index (Phi) is 233. The van der Waals surface area contributed by atoms with E-state index in [0.717, 1.165) is 0 Å². The molecule has 0 aliphatic rings. The topological polar surface area (TPSA) is 0 Å². The van der Waals surface area contributed by atoms with Crippen LogP contribution in [0.2, 0.25) is 0 Å². The van der Waals surface area contributed by atoms with Crippen molar-refractivity contribution in [3.8, 4) is 0 Å². The fourth-order valence-electron chi connectivity index (χ4n) is 0. The minimum Gasteiger partial charge on any atom is -0.346 e. The second-order valence-electron chi connectivity index (χ2n) is 0. The molecule has 0 atom stereocenters. The molecule has 0 aliphatic carbocycles. The SMILES string of the molecule is [CH2-]C.[CH2-]C.[Y]. The molecule has 0 amide bonds. The molecule has 0 bridgehead atoms. The van der Waals surface area contributed by atoms with Crippen LogP contribution in [0.25, 0.3) is 0 Å². The Morgan fingerprint density at radius 2 is 0.800 bits per heavy atom. The van der Waals surface area contributed by atoms with Crippen LogP contribution in [0.3, 0.4) is 0 Å². The van der Waals surface area contributed by atoms with Gasteiger partial charge < -0.3 is 13.8 Å². The van der Waals surface area contributed by atoms with Gasteiger partial charge in [0.05, 0.1) is 0 Å². The molecule has 0 fully saturated rings. The first-order chi connectivity index (χ1) is 2.00. The molecule has 0 unspecified atom stereocenters. The molecular weight excluding hydrogens is 137 g/mol. The van der Waals surface area contributed by atoms with Gasteiger partial charge in [-0.1, -0.05) is 0 Å². The van der Waals surface area contributed by atoms with Crippen LogP contribution in [-0.4, -0.2) is 0 Å². The Morgan fingerprint density at radius 1 is 0.800 bits per heavy atom. The van der Waals surface area contributed by atoms with E-state index < -0.39 is 0 Å². The summed E-state index contributed by atoms with van der Waals surface area (Å²) in [5.41, 5.74) is 0. The third-order valence-corrected chi connectivity index (χ3v) is 0. The van der Waals surface area contributed by atoms with Gasteiger partial charge in [0, 0.05) is 32.7 Å². The predicted molar refractivity (Wildman–Crippen MR) is 22.1 cm³/mol. The Bertz CT molecular complexity index is 3.61. The van der Waals surface area contributed by atoms with E-state index >= 15 is 0 Å². The second-order valence-corrected chi connectivity index (χ2v) is 0. The minimum absolute atomic E-state index is 0. The van der Waals surface area contributed by atoms with E-state index in [1.54, 1.807) is 13.8 Å². The average Bonchev–Trinajstić information content (AvgIpc) is 1.50. The quantitative estimate of drug-likeness (QED) is 0.457. The van der Waals surface area contributed by atoms with E-state index in [0.29, 0.717) is 0 Å². The van der Waals surface area contributed by atoms with Crippen molar-refractivity contribution < 1.29 is 32.7 Å². The van der Waals surface area contributed by atoms with Crippen molar-refractivity contribution >= 4 is 0 Å². The van der Waals surface area contributed by atoms with Crippen LogP contribution in [0.4, 0.5) is 0 Å². The first-order valence-corrected chi connectivity index (χ1v) is 1.41. The number of hydrogen-bond acceptors (Lipinski definition) is 0. The molecule has 5 heavy (non-hydrogen) atoms. The van der Waals surface area contributed by atoms with Gasteiger partial charge in [0.15, 0.2) is 0 Å². The van der Waals surface area contributed by atoms with E-state index in [4.69, 9.17) is 0 Å². The van der Waals surface area contributed by atoms with Gasteiger partial charge in [-0.25, -0.2) is 0 Å². The van der Waals surface area contributed by atoms with E-state index in [1.807, 2.05) is 0 Å². The fraction of sp³-hybridized carbons (Fsp3) is 0.500. The van der Waals surface area contributed by atoms with Gasteiger partial charge in [-0.05, 0) is 0 Å². The van der Waals surface area contributed by atoms with Gasteiger partial charge in [0.25, 0.3) is 0 Å². The summed E-state index contributed by atoms with van der Waals surface area (Å²) in [6.07, 6.45) is 0. The molecule has 0 saturated heterocycles. The van der Waals surface area contributed by atoms with Gasteiger partial charge in [0.1, 0.15) is 0 Å². The molecule has 0 nitrogen and oxygen atoms in total. The summed E-state index contributed by atoms with van der Waals surface area (Å²) in [6.45, 7) is 10.0. The average molecular weight is 147 g/mol. The molecule has 1 radical (unpaired) electrons. The Balaban J connectivity index is -0.0000000133. The molecule has 31 valence electrons. The first kappa shape index (κ1) is 16.5. The van der Waals surface area contributed by atoms with Crippen LogP contribution in [-0.2, 0) is 32.7 Å². The molecule has 0 spiro atoms. The van der Waals surface area contributed by atoms with E-state index in [1.165, 1.54) is 0 Å². The van der Waals surface area contributed by atoms with E-state index in [-0.39, 0.29) is 32.7 Å². The smallest absolute Gasteiger partial charge is 0 e. The van der Waals surface area contributed by atoms with Gasteiger partial charge in [-0.15, -0.1) is 0 Å². The zero-order valence-electron chi connectivity index (χ0n) is 3.99. The molecule has 0 aromatic carbocycles. The monoisotopic (exact) mass is 147 g/mol. The van der Waals surface area contributed by atoms with Gasteiger partial charge in [-0.3, -0.25) is 0 Å². The maximum absolute atomic E-state index is 3.25. The van der Waals surface area contributed by atoms with Crippen molar-refractivity contribution in [3.05, 3.63) is 13.8 Å². The molecule has 0 aromatic rings. The maximum atomic E-state index is 3.25. The number of rotatable bonds is 0. The van der Waals surface area contributed by atoms with Gasteiger partial charge in [-0.2, -0.15) is 13.8 Å². The fourth-order valence-corrected chi connectivity index (χ4v) is 0. The van der Waals surface area contributed by atoms with Crippen molar-refractivity contribution in [2.24, 2.45) is 0 Å². The van der Waals surface area contributed by atoms with E-state index in [9.17, 15) is 0 Å². The van der Waals surface area contributed by atoms with Crippen LogP contribution in [0.5, 0.6) is 0 Å². The maximum Gasteiger partial charge on any atom is 0 e. The van der Waals surface area contributed by atoms with Crippen molar-refractivity contribution in [1.29, 1.82) is 0 Å². The molecule has 0 rings (SSSR count). The zero-order chi connectivity index (χ0) is 4.00. The summed E-state index contributed by atoms with van der Waals surface area (Å²) in [7, 11) is 0. The van der Waals surface area contributed by atoms with E-state index in [2.05, 4.69) is 13.8 Å². The van der Waals surface area contributed by atoms with Crippen molar-refractivity contribution in [2.45, 2.75) is 13.8 Å². The molecule has 1 heteroatoms. The summed E-state index contributed by atoms with van der Waals surface area (Å²) >= 11 is 0. The summed E-state index contributed by atoms with van der Waals surface area (Å²) in [5, 5.41) is 0. The van der Waals surface area contributed by atoms with Crippen LogP contribution in [0.1, 0.15) is 13.8 Å².